The van der Waals surface area contributed by atoms with Crippen LogP contribution in [-0.2, 0) is 0 Å². The maximum Gasteiger partial charge on any atom is 0.279 e. The van der Waals surface area contributed by atoms with Gasteiger partial charge in [-0.25, -0.2) is 9.82 Å². The molecule has 1 heterocycles. The van der Waals surface area contributed by atoms with E-state index in [-0.39, 0.29) is 22.4 Å². The van der Waals surface area contributed by atoms with E-state index in [1.165, 1.54) is 12.1 Å². The van der Waals surface area contributed by atoms with E-state index in [4.69, 9.17) is 12.2 Å². The van der Waals surface area contributed by atoms with E-state index in [0.29, 0.717) is 5.39 Å². The molecular formula is C17H15FN4O2S. The highest BCUT2D eigenvalue weighted by molar-refractivity contribution is 7.80. The summed E-state index contributed by atoms with van der Waals surface area (Å²) in [5, 5.41) is 3.03. The molecule has 0 spiro atoms. The average molecular weight is 358 g/mol. The van der Waals surface area contributed by atoms with Crippen LogP contribution in [0.3, 0.4) is 0 Å². The molecule has 25 heavy (non-hydrogen) atoms. The molecule has 8 heteroatoms. The van der Waals surface area contributed by atoms with Gasteiger partial charge >= 0.3 is 0 Å². The number of nitrogens with zero attached hydrogens (tertiary/aromatic N) is 1. The first-order valence-electron chi connectivity index (χ1n) is 7.53. The molecular weight excluding hydrogens is 343 g/mol. The smallest absolute Gasteiger partial charge is 0.279 e. The number of aromatic nitrogens is 2. The van der Waals surface area contributed by atoms with Crippen LogP contribution in [0.15, 0.2) is 58.1 Å². The second-order valence-electron chi connectivity index (χ2n) is 5.47. The van der Waals surface area contributed by atoms with Crippen LogP contribution in [0.2, 0.25) is 0 Å². The van der Waals surface area contributed by atoms with E-state index < -0.39 is 11.1 Å². The first-order valence-corrected chi connectivity index (χ1v) is 7.93. The Morgan fingerprint density at radius 3 is 2.44 bits per heavy atom. The van der Waals surface area contributed by atoms with Crippen molar-refractivity contribution in [3.8, 4) is 0 Å². The van der Waals surface area contributed by atoms with Gasteiger partial charge in [0.2, 0.25) is 5.11 Å². The van der Waals surface area contributed by atoms with E-state index in [1.54, 1.807) is 36.4 Å². The van der Waals surface area contributed by atoms with Gasteiger partial charge in [-0.2, -0.15) is 4.68 Å². The number of thiocarbonyl (C=S) groups is 1. The van der Waals surface area contributed by atoms with Crippen molar-refractivity contribution in [2.24, 2.45) is 0 Å². The van der Waals surface area contributed by atoms with E-state index in [1.807, 2.05) is 6.92 Å². The number of benzene rings is 2. The third kappa shape index (κ3) is 3.49. The molecule has 0 amide bonds. The number of H-pyrrole nitrogens is 1. The Morgan fingerprint density at radius 1 is 1.12 bits per heavy atom. The maximum atomic E-state index is 13.0. The molecule has 0 bridgehead atoms. The van der Waals surface area contributed by atoms with Gasteiger partial charge in [-0.3, -0.25) is 20.1 Å². The Morgan fingerprint density at radius 2 is 1.76 bits per heavy atom. The summed E-state index contributed by atoms with van der Waals surface area (Å²) < 4.78 is 13.9. The number of aromatic amines is 1. The van der Waals surface area contributed by atoms with Gasteiger partial charge in [-0.15, -0.1) is 0 Å². The summed E-state index contributed by atoms with van der Waals surface area (Å²) in [6.45, 7) is 1.84. The number of halogens is 1. The normalized spacial score (nSPS) is 12.1. The molecule has 0 aliphatic carbocycles. The van der Waals surface area contributed by atoms with Crippen molar-refractivity contribution < 1.29 is 4.39 Å². The van der Waals surface area contributed by atoms with E-state index >= 15 is 0 Å². The summed E-state index contributed by atoms with van der Waals surface area (Å²) in [6.07, 6.45) is 0. The lowest BCUT2D eigenvalue weighted by Gasteiger charge is -2.17. The van der Waals surface area contributed by atoms with Gasteiger partial charge in [0.25, 0.3) is 11.1 Å². The van der Waals surface area contributed by atoms with Crippen molar-refractivity contribution in [3.05, 3.63) is 80.6 Å². The SMILES string of the molecule is CC(NNC(=S)n1[nH]c(=O)c2ccccc2c1=O)c1ccc(F)cc1. The molecule has 0 aliphatic rings. The molecule has 2 aromatic carbocycles. The molecule has 1 unspecified atom stereocenters. The highest BCUT2D eigenvalue weighted by Gasteiger charge is 2.11. The van der Waals surface area contributed by atoms with Gasteiger partial charge < -0.3 is 0 Å². The van der Waals surface area contributed by atoms with Crippen LogP contribution in [0.25, 0.3) is 10.8 Å². The summed E-state index contributed by atoms with van der Waals surface area (Å²) in [6, 6.07) is 12.3. The van der Waals surface area contributed by atoms with Crippen molar-refractivity contribution >= 4 is 28.1 Å². The van der Waals surface area contributed by atoms with Gasteiger partial charge in [0.15, 0.2) is 0 Å². The minimum atomic E-state index is -0.427. The highest BCUT2D eigenvalue weighted by Crippen LogP contribution is 2.11. The molecule has 0 radical (unpaired) electrons. The standard InChI is InChI=1S/C17H15FN4O2S/c1-10(11-6-8-12(18)9-7-11)19-20-17(25)22-16(24)14-5-3-2-4-13(14)15(23)21-22/h2-10,19H,1H3,(H,20,25)(H,21,23). The quantitative estimate of drug-likeness (QED) is 0.492. The first-order chi connectivity index (χ1) is 12.0. The third-order valence-electron chi connectivity index (χ3n) is 3.79. The van der Waals surface area contributed by atoms with Gasteiger partial charge in [-0.05, 0) is 49.0 Å². The van der Waals surface area contributed by atoms with Crippen molar-refractivity contribution in [2.45, 2.75) is 13.0 Å². The molecule has 6 nitrogen and oxygen atoms in total. The van der Waals surface area contributed by atoms with Crippen LogP contribution in [0.5, 0.6) is 0 Å². The number of fused-ring (bicyclic) bond motifs is 1. The topological polar surface area (TPSA) is 78.9 Å². The summed E-state index contributed by atoms with van der Waals surface area (Å²) in [4.78, 5) is 24.6. The lowest BCUT2D eigenvalue weighted by atomic mass is 10.1. The fourth-order valence-electron chi connectivity index (χ4n) is 2.40. The fraction of sp³-hybridized carbons (Fsp3) is 0.118. The molecule has 0 saturated heterocycles. The van der Waals surface area contributed by atoms with Gasteiger partial charge in [0.05, 0.1) is 10.8 Å². The average Bonchev–Trinajstić information content (AvgIpc) is 2.63. The van der Waals surface area contributed by atoms with E-state index in [2.05, 4.69) is 16.0 Å². The Balaban J connectivity index is 1.81. The second kappa shape index (κ2) is 6.96. The largest absolute Gasteiger partial charge is 0.296 e. The predicted molar refractivity (Wildman–Crippen MR) is 97.9 cm³/mol. The molecule has 1 atom stereocenters. The number of hydrogen-bond donors (Lipinski definition) is 3. The van der Waals surface area contributed by atoms with Gasteiger partial charge in [0.1, 0.15) is 5.82 Å². The molecule has 1 aromatic heterocycles. The van der Waals surface area contributed by atoms with Gasteiger partial charge in [-0.1, -0.05) is 24.3 Å². The molecule has 0 fully saturated rings. The van der Waals surface area contributed by atoms with Crippen LogP contribution < -0.4 is 22.0 Å². The van der Waals surface area contributed by atoms with Crippen LogP contribution in [-0.4, -0.2) is 14.9 Å². The minimum Gasteiger partial charge on any atom is -0.296 e. The van der Waals surface area contributed by atoms with E-state index in [9.17, 15) is 14.0 Å². The molecule has 3 N–H and O–H groups in total. The monoisotopic (exact) mass is 358 g/mol. The number of hydrogen-bond acceptors (Lipinski definition) is 4. The maximum absolute atomic E-state index is 13.0. The van der Waals surface area contributed by atoms with Crippen LogP contribution >= 0.6 is 12.2 Å². The summed E-state index contributed by atoms with van der Waals surface area (Å²) in [7, 11) is 0. The molecule has 0 saturated carbocycles. The Bertz CT molecular complexity index is 1040. The zero-order valence-electron chi connectivity index (χ0n) is 13.2. The van der Waals surface area contributed by atoms with E-state index in [0.717, 1.165) is 10.2 Å². The first kappa shape index (κ1) is 17.0. The van der Waals surface area contributed by atoms with Crippen molar-refractivity contribution in [1.29, 1.82) is 0 Å². The van der Waals surface area contributed by atoms with Crippen LogP contribution in [0.4, 0.5) is 4.39 Å². The van der Waals surface area contributed by atoms with Crippen molar-refractivity contribution in [2.75, 3.05) is 0 Å². The second-order valence-corrected chi connectivity index (χ2v) is 5.86. The summed E-state index contributed by atoms with van der Waals surface area (Å²) >= 11 is 5.18. The lowest BCUT2D eigenvalue weighted by Crippen LogP contribution is -2.47. The fourth-order valence-corrected chi connectivity index (χ4v) is 2.59. The number of hydrazine groups is 1. The van der Waals surface area contributed by atoms with Crippen LogP contribution in [0.1, 0.15) is 18.5 Å². The zero-order valence-corrected chi connectivity index (χ0v) is 14.1. The van der Waals surface area contributed by atoms with Gasteiger partial charge in [0, 0.05) is 6.04 Å². The van der Waals surface area contributed by atoms with Crippen molar-refractivity contribution in [3.63, 3.8) is 0 Å². The Kier molecular flexibility index (Phi) is 4.73. The predicted octanol–water partition coefficient (Wildman–Crippen LogP) is 1.82. The minimum absolute atomic E-state index is 0.00168. The molecule has 3 rings (SSSR count). The number of rotatable bonds is 3. The Hall–Kier alpha value is -2.84. The third-order valence-corrected chi connectivity index (χ3v) is 4.07. The highest BCUT2D eigenvalue weighted by atomic mass is 32.1. The molecule has 3 aromatic rings. The number of nitrogens with one attached hydrogen (secondary N) is 3. The lowest BCUT2D eigenvalue weighted by molar-refractivity contribution is 0.535. The zero-order chi connectivity index (χ0) is 18.0. The van der Waals surface area contributed by atoms with Crippen molar-refractivity contribution in [1.82, 2.24) is 20.6 Å². The summed E-state index contributed by atoms with van der Waals surface area (Å²) in [5.41, 5.74) is 5.63. The Labute approximate surface area is 147 Å². The van der Waals surface area contributed by atoms with Crippen LogP contribution in [0, 0.1) is 5.82 Å². The molecule has 0 aliphatic heterocycles. The summed E-state index contributed by atoms with van der Waals surface area (Å²) in [5.74, 6) is -0.320. The molecule has 128 valence electrons.